The molecule has 1 spiro atoms. The molecular weight excluding hydrogens is 422 g/mol. The van der Waals surface area contributed by atoms with Gasteiger partial charge in [0, 0.05) is 22.4 Å². The average Bonchev–Trinajstić information content (AvgIpc) is 3.19. The van der Waals surface area contributed by atoms with Gasteiger partial charge in [0.25, 0.3) is 0 Å². The minimum atomic E-state index is 0.225. The first kappa shape index (κ1) is 19.9. The molecule has 4 aromatic carbocycles. The molecule has 1 nitrogen and oxygen atoms in total. The van der Waals surface area contributed by atoms with E-state index in [1.165, 1.54) is 60.0 Å². The SMILES string of the molecule is c1ccc(-c2cccc(Nc3cccc4c3-c3ccccc3C43C4CC5CC(C4)CC3C5)c2)cc1. The Balaban J connectivity index is 1.27. The summed E-state index contributed by atoms with van der Waals surface area (Å²) in [7, 11) is 0. The molecule has 0 amide bonds. The van der Waals surface area contributed by atoms with Crippen LogP contribution in [-0.4, -0.2) is 0 Å². The highest BCUT2D eigenvalue weighted by Crippen LogP contribution is 2.69. The Morgan fingerprint density at radius 3 is 2.03 bits per heavy atom. The smallest absolute Gasteiger partial charge is 0.0467 e. The summed E-state index contributed by atoms with van der Waals surface area (Å²) in [4.78, 5) is 0. The molecule has 0 atom stereocenters. The zero-order valence-corrected chi connectivity index (χ0v) is 20.1. The summed E-state index contributed by atoms with van der Waals surface area (Å²) >= 11 is 0. The lowest BCUT2D eigenvalue weighted by Crippen LogP contribution is -2.55. The summed E-state index contributed by atoms with van der Waals surface area (Å²) in [6, 6.07) is 36.0. The van der Waals surface area contributed by atoms with Crippen LogP contribution in [0.15, 0.2) is 97.1 Å². The fourth-order valence-electron chi connectivity index (χ4n) is 8.87. The number of hydrogen-bond donors (Lipinski definition) is 1. The van der Waals surface area contributed by atoms with Crippen LogP contribution in [0.1, 0.15) is 43.2 Å². The van der Waals surface area contributed by atoms with Gasteiger partial charge in [-0.05, 0) is 102 Å². The highest BCUT2D eigenvalue weighted by Gasteiger charge is 2.61. The van der Waals surface area contributed by atoms with Gasteiger partial charge in [-0.2, -0.15) is 0 Å². The summed E-state index contributed by atoms with van der Waals surface area (Å²) < 4.78 is 0. The van der Waals surface area contributed by atoms with E-state index in [9.17, 15) is 0 Å². The van der Waals surface area contributed by atoms with Crippen LogP contribution in [0.2, 0.25) is 0 Å². The standard InChI is InChI=1S/C34H31N/c1-2-8-24(9-3-1)25-10-6-11-28(21-25)35-32-15-7-14-31-33(32)29-12-4-5-13-30(29)34(31)26-17-22-16-23(19-26)20-27(34)18-22/h1-15,21-23,26-27,35H,16-20H2. The van der Waals surface area contributed by atoms with Crippen molar-refractivity contribution in [3.8, 4) is 22.3 Å². The molecule has 0 saturated heterocycles. The summed E-state index contributed by atoms with van der Waals surface area (Å²) in [6.07, 6.45) is 7.21. The molecule has 0 unspecified atom stereocenters. The summed E-state index contributed by atoms with van der Waals surface area (Å²) in [5.41, 5.74) is 11.3. The number of hydrogen-bond acceptors (Lipinski definition) is 1. The number of benzene rings is 4. The van der Waals surface area contributed by atoms with Crippen molar-refractivity contribution in [2.24, 2.45) is 23.7 Å². The first-order valence-electron chi connectivity index (χ1n) is 13.5. The van der Waals surface area contributed by atoms with Crippen molar-refractivity contribution < 1.29 is 0 Å². The third-order valence-electron chi connectivity index (χ3n) is 9.83. The predicted octanol–water partition coefficient (Wildman–Crippen LogP) is 8.82. The van der Waals surface area contributed by atoms with Crippen LogP contribution in [0.5, 0.6) is 0 Å². The van der Waals surface area contributed by atoms with Crippen LogP contribution in [0.25, 0.3) is 22.3 Å². The molecule has 4 bridgehead atoms. The predicted molar refractivity (Wildman–Crippen MR) is 145 cm³/mol. The second-order valence-corrected chi connectivity index (χ2v) is 11.5. The van der Waals surface area contributed by atoms with Gasteiger partial charge in [0.05, 0.1) is 0 Å². The van der Waals surface area contributed by atoms with Crippen molar-refractivity contribution in [2.45, 2.75) is 37.5 Å². The van der Waals surface area contributed by atoms with Crippen LogP contribution in [0.3, 0.4) is 0 Å². The van der Waals surface area contributed by atoms with E-state index in [-0.39, 0.29) is 5.41 Å². The molecule has 0 radical (unpaired) electrons. The van der Waals surface area contributed by atoms with Gasteiger partial charge in [-0.25, -0.2) is 0 Å². The summed E-state index contributed by atoms with van der Waals surface area (Å²) in [6.45, 7) is 0. The number of fused-ring (bicyclic) bond motifs is 3. The van der Waals surface area contributed by atoms with Crippen molar-refractivity contribution in [2.75, 3.05) is 5.32 Å². The van der Waals surface area contributed by atoms with Crippen molar-refractivity contribution in [1.29, 1.82) is 0 Å². The molecule has 0 aliphatic heterocycles. The lowest BCUT2D eigenvalue weighted by molar-refractivity contribution is -0.0399. The average molecular weight is 454 g/mol. The van der Waals surface area contributed by atoms with Crippen LogP contribution in [-0.2, 0) is 5.41 Å². The molecule has 1 heteroatoms. The fraction of sp³-hybridized carbons (Fsp3) is 0.294. The van der Waals surface area contributed by atoms with Crippen molar-refractivity contribution in [3.63, 3.8) is 0 Å². The van der Waals surface area contributed by atoms with Crippen molar-refractivity contribution in [3.05, 3.63) is 108 Å². The van der Waals surface area contributed by atoms with E-state index in [1.54, 1.807) is 11.1 Å². The Hall–Kier alpha value is -3.32. The topological polar surface area (TPSA) is 12.0 Å². The molecule has 35 heavy (non-hydrogen) atoms. The van der Waals surface area contributed by atoms with Gasteiger partial charge in [0.15, 0.2) is 0 Å². The minimum Gasteiger partial charge on any atom is -0.355 e. The van der Waals surface area contributed by atoms with Crippen LogP contribution < -0.4 is 5.32 Å². The molecule has 0 heterocycles. The monoisotopic (exact) mass is 453 g/mol. The van der Waals surface area contributed by atoms with E-state index < -0.39 is 0 Å². The second kappa shape index (κ2) is 7.34. The van der Waals surface area contributed by atoms with E-state index in [0.29, 0.717) is 0 Å². The molecule has 4 saturated carbocycles. The Morgan fingerprint density at radius 2 is 1.23 bits per heavy atom. The maximum absolute atomic E-state index is 3.86. The highest BCUT2D eigenvalue weighted by atomic mass is 14.9. The molecule has 5 aliphatic rings. The van der Waals surface area contributed by atoms with E-state index in [2.05, 4.69) is 102 Å². The van der Waals surface area contributed by atoms with Gasteiger partial charge < -0.3 is 5.32 Å². The van der Waals surface area contributed by atoms with Crippen molar-refractivity contribution >= 4 is 11.4 Å². The third-order valence-corrected chi connectivity index (χ3v) is 9.83. The molecule has 5 aliphatic carbocycles. The normalized spacial score (nSPS) is 29.3. The lowest BCUT2D eigenvalue weighted by atomic mass is 9.43. The largest absolute Gasteiger partial charge is 0.355 e. The lowest BCUT2D eigenvalue weighted by Gasteiger charge is -2.61. The maximum atomic E-state index is 3.86. The second-order valence-electron chi connectivity index (χ2n) is 11.5. The number of anilines is 2. The zero-order valence-electron chi connectivity index (χ0n) is 20.1. The third kappa shape index (κ3) is 2.76. The molecule has 9 rings (SSSR count). The van der Waals surface area contributed by atoms with Gasteiger partial charge in [-0.1, -0.05) is 78.9 Å². The summed E-state index contributed by atoms with van der Waals surface area (Å²) in [5.74, 6) is 3.55. The molecule has 4 fully saturated rings. The first-order chi connectivity index (χ1) is 17.3. The van der Waals surface area contributed by atoms with Gasteiger partial charge in [-0.3, -0.25) is 0 Å². The molecule has 4 aromatic rings. The molecule has 172 valence electrons. The quantitative estimate of drug-likeness (QED) is 0.327. The zero-order chi connectivity index (χ0) is 23.0. The van der Waals surface area contributed by atoms with Crippen LogP contribution >= 0.6 is 0 Å². The summed E-state index contributed by atoms with van der Waals surface area (Å²) in [5, 5.41) is 3.86. The van der Waals surface area contributed by atoms with Gasteiger partial charge in [-0.15, -0.1) is 0 Å². The van der Waals surface area contributed by atoms with Gasteiger partial charge in [0.2, 0.25) is 0 Å². The van der Waals surface area contributed by atoms with Crippen molar-refractivity contribution in [1.82, 2.24) is 0 Å². The molecular formula is C34H31N. The highest BCUT2D eigenvalue weighted by molar-refractivity contribution is 5.92. The Kier molecular flexibility index (Phi) is 4.18. The fourth-order valence-corrected chi connectivity index (χ4v) is 8.87. The van der Waals surface area contributed by atoms with E-state index in [0.717, 1.165) is 29.4 Å². The Labute approximate surface area is 208 Å². The Bertz CT molecular complexity index is 1400. The molecule has 0 aromatic heterocycles. The van der Waals surface area contributed by atoms with Gasteiger partial charge >= 0.3 is 0 Å². The van der Waals surface area contributed by atoms with E-state index in [4.69, 9.17) is 0 Å². The maximum Gasteiger partial charge on any atom is 0.0467 e. The minimum absolute atomic E-state index is 0.225. The number of rotatable bonds is 3. The van der Waals surface area contributed by atoms with Crippen LogP contribution in [0, 0.1) is 23.7 Å². The Morgan fingerprint density at radius 1 is 0.571 bits per heavy atom. The van der Waals surface area contributed by atoms with Gasteiger partial charge in [0.1, 0.15) is 0 Å². The molecule has 1 N–H and O–H groups in total. The first-order valence-corrected chi connectivity index (χ1v) is 13.5. The number of nitrogens with one attached hydrogen (secondary N) is 1. The van der Waals surface area contributed by atoms with E-state index >= 15 is 0 Å². The van der Waals surface area contributed by atoms with E-state index in [1.807, 2.05) is 0 Å². The van der Waals surface area contributed by atoms with Crippen LogP contribution in [0.4, 0.5) is 11.4 Å².